The van der Waals surface area contributed by atoms with Gasteiger partial charge in [0.15, 0.2) is 0 Å². The van der Waals surface area contributed by atoms with Crippen LogP contribution in [0.2, 0.25) is 5.02 Å². The minimum atomic E-state index is -0.526. The Morgan fingerprint density at radius 3 is 2.47 bits per heavy atom. The first-order valence-electron chi connectivity index (χ1n) is 4.68. The molecule has 0 saturated heterocycles. The molecule has 0 bridgehead atoms. The topological polar surface area (TPSA) is 33.0 Å². The maximum atomic E-state index is 9.08. The molecule has 0 aliphatic heterocycles. The maximum absolute atomic E-state index is 9.08. The Morgan fingerprint density at radius 1 is 1.40 bits per heavy atom. The van der Waals surface area contributed by atoms with Crippen LogP contribution in [-0.4, -0.2) is 7.11 Å². The number of nitrogens with zero attached hydrogens (tertiary/aromatic N) is 1. The summed E-state index contributed by atoms with van der Waals surface area (Å²) in [6, 6.07) is 5.93. The van der Waals surface area contributed by atoms with Gasteiger partial charge in [-0.25, -0.2) is 0 Å². The van der Waals surface area contributed by atoms with Gasteiger partial charge in [-0.3, -0.25) is 0 Å². The molecule has 0 radical (unpaired) electrons. The predicted molar refractivity (Wildman–Crippen MR) is 61.4 cm³/mol. The molecule has 0 spiro atoms. The maximum Gasteiger partial charge on any atom is 0.137 e. The lowest BCUT2D eigenvalue weighted by Gasteiger charge is -2.20. The molecule has 0 amide bonds. The van der Waals surface area contributed by atoms with Crippen molar-refractivity contribution in [1.82, 2.24) is 0 Å². The first-order valence-corrected chi connectivity index (χ1v) is 5.06. The molecule has 80 valence electrons. The smallest absolute Gasteiger partial charge is 0.137 e. The van der Waals surface area contributed by atoms with Crippen molar-refractivity contribution in [2.75, 3.05) is 7.11 Å². The van der Waals surface area contributed by atoms with Crippen molar-refractivity contribution < 1.29 is 4.74 Å². The van der Waals surface area contributed by atoms with E-state index in [1.54, 1.807) is 7.11 Å². The number of halogens is 1. The number of hydrogen-bond donors (Lipinski definition) is 0. The average Bonchev–Trinajstić information content (AvgIpc) is 2.17. The van der Waals surface area contributed by atoms with E-state index in [-0.39, 0.29) is 0 Å². The van der Waals surface area contributed by atoms with Crippen LogP contribution in [0, 0.1) is 18.3 Å². The summed E-state index contributed by atoms with van der Waals surface area (Å²) in [5.41, 5.74) is 1.43. The van der Waals surface area contributed by atoms with E-state index in [4.69, 9.17) is 21.6 Å². The zero-order chi connectivity index (χ0) is 11.6. The fraction of sp³-hybridized carbons (Fsp3) is 0.417. The molecule has 2 nitrogen and oxygen atoms in total. The number of hydrogen-bond acceptors (Lipinski definition) is 2. The molecule has 1 aromatic carbocycles. The highest BCUT2D eigenvalue weighted by atomic mass is 35.5. The molecule has 3 heteroatoms. The summed E-state index contributed by atoms with van der Waals surface area (Å²) in [6.45, 7) is 5.70. The minimum Gasteiger partial charge on any atom is -0.495 e. The molecule has 0 aliphatic carbocycles. The Labute approximate surface area is 95.4 Å². The van der Waals surface area contributed by atoms with Gasteiger partial charge in [0, 0.05) is 0 Å². The molecule has 0 N–H and O–H groups in total. The van der Waals surface area contributed by atoms with Crippen molar-refractivity contribution in [3.63, 3.8) is 0 Å². The Hall–Kier alpha value is -1.20. The van der Waals surface area contributed by atoms with Crippen LogP contribution in [0.15, 0.2) is 12.1 Å². The van der Waals surface area contributed by atoms with Gasteiger partial charge in [-0.2, -0.15) is 5.26 Å². The van der Waals surface area contributed by atoms with Crippen LogP contribution in [0.3, 0.4) is 0 Å². The standard InChI is InChI=1S/C12H14ClNO/c1-8-5-10(13)11(15-4)6-9(8)12(2,3)7-14/h5-6H,1-4H3. The van der Waals surface area contributed by atoms with E-state index in [2.05, 4.69) is 6.07 Å². The minimum absolute atomic E-state index is 0.526. The van der Waals surface area contributed by atoms with Gasteiger partial charge in [0.2, 0.25) is 0 Å². The van der Waals surface area contributed by atoms with Crippen molar-refractivity contribution in [1.29, 1.82) is 5.26 Å². The van der Waals surface area contributed by atoms with Gasteiger partial charge in [0.25, 0.3) is 0 Å². The molecule has 15 heavy (non-hydrogen) atoms. The highest BCUT2D eigenvalue weighted by molar-refractivity contribution is 6.32. The summed E-state index contributed by atoms with van der Waals surface area (Å²) in [4.78, 5) is 0. The Kier molecular flexibility index (Phi) is 3.26. The molecule has 1 aromatic rings. The third-order valence-electron chi connectivity index (χ3n) is 2.45. The second-order valence-electron chi connectivity index (χ2n) is 4.04. The molecule has 0 atom stereocenters. The summed E-state index contributed by atoms with van der Waals surface area (Å²) in [6.07, 6.45) is 0. The second kappa shape index (κ2) is 4.12. The van der Waals surface area contributed by atoms with Crippen molar-refractivity contribution in [2.24, 2.45) is 0 Å². The van der Waals surface area contributed by atoms with E-state index in [1.165, 1.54) is 0 Å². The monoisotopic (exact) mass is 223 g/mol. The first-order chi connectivity index (χ1) is 6.92. The third-order valence-corrected chi connectivity index (χ3v) is 2.75. The lowest BCUT2D eigenvalue weighted by molar-refractivity contribution is 0.413. The van der Waals surface area contributed by atoms with E-state index >= 15 is 0 Å². The highest BCUT2D eigenvalue weighted by Gasteiger charge is 2.23. The van der Waals surface area contributed by atoms with Crippen molar-refractivity contribution in [2.45, 2.75) is 26.2 Å². The molecular formula is C12H14ClNO. The molecular weight excluding hydrogens is 210 g/mol. The summed E-state index contributed by atoms with van der Waals surface area (Å²) < 4.78 is 5.14. The number of ether oxygens (including phenoxy) is 1. The molecule has 1 rings (SSSR count). The number of benzene rings is 1. The van der Waals surface area contributed by atoms with Crippen LogP contribution < -0.4 is 4.74 Å². The molecule has 0 saturated carbocycles. The fourth-order valence-corrected chi connectivity index (χ4v) is 1.84. The molecule has 0 aliphatic rings. The fourth-order valence-electron chi connectivity index (χ4n) is 1.54. The van der Waals surface area contributed by atoms with Gasteiger partial charge >= 0.3 is 0 Å². The predicted octanol–water partition coefficient (Wildman–Crippen LogP) is 3.46. The van der Waals surface area contributed by atoms with Gasteiger partial charge in [-0.15, -0.1) is 0 Å². The third kappa shape index (κ3) is 2.24. The van der Waals surface area contributed by atoms with Crippen molar-refractivity contribution in [3.8, 4) is 11.8 Å². The quantitative estimate of drug-likeness (QED) is 0.769. The molecule has 0 heterocycles. The molecule has 0 aromatic heterocycles. The van der Waals surface area contributed by atoms with Crippen LogP contribution in [-0.2, 0) is 5.41 Å². The van der Waals surface area contributed by atoms with Gasteiger partial charge in [-0.05, 0) is 44.0 Å². The largest absolute Gasteiger partial charge is 0.495 e. The first kappa shape index (κ1) is 11.9. The number of nitriles is 1. The Balaban J connectivity index is 3.38. The molecule has 0 fully saturated rings. The number of methoxy groups -OCH3 is 1. The van der Waals surface area contributed by atoms with Crippen LogP contribution in [0.25, 0.3) is 0 Å². The van der Waals surface area contributed by atoms with E-state index < -0.39 is 5.41 Å². The zero-order valence-electron chi connectivity index (χ0n) is 9.39. The molecule has 0 unspecified atom stereocenters. The average molecular weight is 224 g/mol. The summed E-state index contributed by atoms with van der Waals surface area (Å²) in [7, 11) is 1.57. The van der Waals surface area contributed by atoms with Crippen LogP contribution >= 0.6 is 11.6 Å². The summed E-state index contributed by atoms with van der Waals surface area (Å²) >= 11 is 5.99. The van der Waals surface area contributed by atoms with Crippen molar-refractivity contribution >= 4 is 11.6 Å². The second-order valence-corrected chi connectivity index (χ2v) is 4.45. The summed E-state index contributed by atoms with van der Waals surface area (Å²) in [5.74, 6) is 0.612. The van der Waals surface area contributed by atoms with Crippen LogP contribution in [0.5, 0.6) is 5.75 Å². The van der Waals surface area contributed by atoms with Crippen molar-refractivity contribution in [3.05, 3.63) is 28.3 Å². The lowest BCUT2D eigenvalue weighted by atomic mass is 9.83. The highest BCUT2D eigenvalue weighted by Crippen LogP contribution is 2.33. The number of aryl methyl sites for hydroxylation is 1. The van der Waals surface area contributed by atoms with Crippen LogP contribution in [0.1, 0.15) is 25.0 Å². The normalized spacial score (nSPS) is 10.9. The van der Waals surface area contributed by atoms with E-state index in [9.17, 15) is 0 Å². The zero-order valence-corrected chi connectivity index (χ0v) is 10.1. The van der Waals surface area contributed by atoms with Gasteiger partial charge < -0.3 is 4.74 Å². The van der Waals surface area contributed by atoms with Crippen LogP contribution in [0.4, 0.5) is 0 Å². The summed E-state index contributed by atoms with van der Waals surface area (Å²) in [5, 5.41) is 9.66. The Bertz CT molecular complexity index is 418. The van der Waals surface area contributed by atoms with Gasteiger partial charge in [-0.1, -0.05) is 11.6 Å². The Morgan fingerprint density at radius 2 is 2.00 bits per heavy atom. The SMILES string of the molecule is COc1cc(C(C)(C)C#N)c(C)cc1Cl. The van der Waals surface area contributed by atoms with E-state index in [0.29, 0.717) is 10.8 Å². The van der Waals surface area contributed by atoms with Gasteiger partial charge in [0.1, 0.15) is 5.75 Å². The lowest BCUT2D eigenvalue weighted by Crippen LogP contribution is -2.15. The van der Waals surface area contributed by atoms with E-state index in [0.717, 1.165) is 11.1 Å². The van der Waals surface area contributed by atoms with Gasteiger partial charge in [0.05, 0.1) is 23.6 Å². The van der Waals surface area contributed by atoms with E-state index in [1.807, 2.05) is 32.9 Å². The number of rotatable bonds is 2.